The van der Waals surface area contributed by atoms with Crippen molar-refractivity contribution in [2.75, 3.05) is 5.75 Å². The third kappa shape index (κ3) is 34.7. The van der Waals surface area contributed by atoms with Gasteiger partial charge in [0.2, 0.25) is 5.91 Å². The van der Waals surface area contributed by atoms with E-state index in [1.54, 1.807) is 6.08 Å². The van der Waals surface area contributed by atoms with Gasteiger partial charge in [0.25, 0.3) is 10.1 Å². The lowest BCUT2D eigenvalue weighted by atomic mass is 10.0. The summed E-state index contributed by atoms with van der Waals surface area (Å²) in [7, 11) is -4.44. The number of rotatable bonds is 36. The van der Waals surface area contributed by atoms with Gasteiger partial charge in [0.15, 0.2) is 0 Å². The molecule has 0 aliphatic heterocycles. The summed E-state index contributed by atoms with van der Waals surface area (Å²) >= 11 is 0. The van der Waals surface area contributed by atoms with Crippen molar-refractivity contribution in [1.29, 1.82) is 0 Å². The Morgan fingerprint density at radius 2 is 0.939 bits per heavy atom. The highest BCUT2D eigenvalue weighted by molar-refractivity contribution is 7.85. The van der Waals surface area contributed by atoms with Crippen molar-refractivity contribution in [2.24, 2.45) is 0 Å². The van der Waals surface area contributed by atoms with E-state index in [-0.39, 0.29) is 6.42 Å². The van der Waals surface area contributed by atoms with Crippen LogP contribution in [-0.2, 0) is 14.9 Å². The number of carbonyl (C=O) groups is 1. The van der Waals surface area contributed by atoms with Crippen LogP contribution in [-0.4, -0.2) is 53.1 Å². The maximum absolute atomic E-state index is 12.6. The molecule has 0 saturated heterocycles. The molecule has 49 heavy (non-hydrogen) atoms. The number of carbonyl (C=O) groups excluding carboxylic acids is 1. The Morgan fingerprint density at radius 1 is 0.571 bits per heavy atom. The maximum Gasteiger partial charge on any atom is 0.267 e. The van der Waals surface area contributed by atoms with E-state index in [0.29, 0.717) is 6.42 Å². The van der Waals surface area contributed by atoms with Gasteiger partial charge in [0.1, 0.15) is 6.10 Å². The number of unbranched alkanes of at least 4 members (excludes halogenated alkanes) is 24. The van der Waals surface area contributed by atoms with Gasteiger partial charge in [-0.05, 0) is 44.9 Å². The summed E-state index contributed by atoms with van der Waals surface area (Å²) in [6.45, 7) is 4.47. The fourth-order valence-electron chi connectivity index (χ4n) is 6.03. The Morgan fingerprint density at radius 3 is 1.39 bits per heavy atom. The molecular formula is C41H77NO6S. The molecule has 3 atom stereocenters. The molecule has 288 valence electrons. The number of allylic oxidation sites excluding steroid dienone is 5. The summed E-state index contributed by atoms with van der Waals surface area (Å²) in [6.07, 6.45) is 41.9. The molecule has 0 aromatic rings. The highest BCUT2D eigenvalue weighted by Crippen LogP contribution is 2.15. The molecule has 0 spiro atoms. The minimum atomic E-state index is -4.44. The summed E-state index contributed by atoms with van der Waals surface area (Å²) < 4.78 is 32.5. The molecule has 3 unspecified atom stereocenters. The molecule has 0 saturated carbocycles. The van der Waals surface area contributed by atoms with Crippen LogP contribution >= 0.6 is 0 Å². The molecule has 1 amide bonds. The van der Waals surface area contributed by atoms with Gasteiger partial charge < -0.3 is 15.5 Å². The number of hydrogen-bond acceptors (Lipinski definition) is 5. The first kappa shape index (κ1) is 47.5. The van der Waals surface area contributed by atoms with Crippen LogP contribution in [0.25, 0.3) is 0 Å². The molecule has 0 fully saturated rings. The van der Waals surface area contributed by atoms with E-state index < -0.39 is 40.0 Å². The Labute approximate surface area is 302 Å². The van der Waals surface area contributed by atoms with Gasteiger partial charge in [-0.15, -0.1) is 0 Å². The molecular weight excluding hydrogens is 635 g/mol. The Bertz CT molecular complexity index is 932. The second-order valence-electron chi connectivity index (χ2n) is 14.1. The van der Waals surface area contributed by atoms with Crippen molar-refractivity contribution in [3.63, 3.8) is 0 Å². The van der Waals surface area contributed by atoms with Gasteiger partial charge in [-0.1, -0.05) is 185 Å². The predicted octanol–water partition coefficient (Wildman–Crippen LogP) is 10.7. The first-order chi connectivity index (χ1) is 23.7. The summed E-state index contributed by atoms with van der Waals surface area (Å²) in [6, 6.07) is -1.24. The molecule has 0 aliphatic rings. The molecule has 0 rings (SSSR count). The van der Waals surface area contributed by atoms with Crippen LogP contribution in [0.2, 0.25) is 0 Å². The normalized spacial score (nSPS) is 14.3. The summed E-state index contributed by atoms with van der Waals surface area (Å²) in [4.78, 5) is 12.6. The molecule has 8 heteroatoms. The van der Waals surface area contributed by atoms with Gasteiger partial charge in [-0.25, -0.2) is 0 Å². The lowest BCUT2D eigenvalue weighted by Gasteiger charge is -2.22. The van der Waals surface area contributed by atoms with Gasteiger partial charge in [-0.3, -0.25) is 9.35 Å². The molecule has 0 heterocycles. The summed E-state index contributed by atoms with van der Waals surface area (Å²) in [5.41, 5.74) is 0. The van der Waals surface area contributed by atoms with Crippen LogP contribution in [0.3, 0.4) is 0 Å². The highest BCUT2D eigenvalue weighted by atomic mass is 32.2. The largest absolute Gasteiger partial charge is 0.387 e. The van der Waals surface area contributed by atoms with E-state index in [4.69, 9.17) is 0 Å². The number of aliphatic hydroxyl groups is 2. The molecule has 0 aliphatic carbocycles. The van der Waals surface area contributed by atoms with Crippen molar-refractivity contribution in [3.8, 4) is 0 Å². The second kappa shape index (κ2) is 34.9. The van der Waals surface area contributed by atoms with Crippen LogP contribution in [0.15, 0.2) is 36.5 Å². The van der Waals surface area contributed by atoms with E-state index in [9.17, 15) is 28.0 Å². The Hall–Kier alpha value is -1.48. The molecule has 4 N–H and O–H groups in total. The van der Waals surface area contributed by atoms with E-state index in [1.165, 1.54) is 115 Å². The van der Waals surface area contributed by atoms with E-state index in [1.807, 2.05) is 0 Å². The standard InChI is InChI=1S/C41H77NO6S/c1-3-5-7-9-11-13-15-17-19-20-21-22-24-25-27-29-31-33-35-39(43)38(37-49(46,47)48)42-41(45)40(44)36-34-32-30-28-26-23-18-16-14-12-10-8-6-4-2/h12,14,16,18,33,35,38-40,43-44H,3-11,13,15,17,19-32,34,36-37H2,1-2H3,(H,42,45)(H,46,47,48)/b14-12-,18-16-,35-33+. The zero-order valence-electron chi connectivity index (χ0n) is 31.7. The molecule has 0 radical (unpaired) electrons. The third-order valence-corrected chi connectivity index (χ3v) is 9.98. The number of hydrogen-bond donors (Lipinski definition) is 4. The van der Waals surface area contributed by atoms with Crippen LogP contribution in [0, 0.1) is 0 Å². The smallest absolute Gasteiger partial charge is 0.267 e. The van der Waals surface area contributed by atoms with Gasteiger partial charge in [-0.2, -0.15) is 8.42 Å². The van der Waals surface area contributed by atoms with E-state index in [2.05, 4.69) is 43.5 Å². The van der Waals surface area contributed by atoms with Crippen LogP contribution in [0.5, 0.6) is 0 Å². The number of aliphatic hydroxyl groups excluding tert-OH is 2. The zero-order chi connectivity index (χ0) is 36.3. The second-order valence-corrected chi connectivity index (χ2v) is 15.6. The van der Waals surface area contributed by atoms with Gasteiger partial charge in [0.05, 0.1) is 17.9 Å². The fraction of sp³-hybridized carbons (Fsp3) is 0.829. The minimum Gasteiger partial charge on any atom is -0.387 e. The maximum atomic E-state index is 12.6. The van der Waals surface area contributed by atoms with Crippen molar-refractivity contribution in [2.45, 2.75) is 212 Å². The van der Waals surface area contributed by atoms with Crippen molar-refractivity contribution >= 4 is 16.0 Å². The van der Waals surface area contributed by atoms with Gasteiger partial charge >= 0.3 is 0 Å². The topological polar surface area (TPSA) is 124 Å². The summed E-state index contributed by atoms with van der Waals surface area (Å²) in [5, 5.41) is 23.4. The molecule has 0 aromatic carbocycles. The quantitative estimate of drug-likeness (QED) is 0.0222. The Kier molecular flexibility index (Phi) is 33.9. The molecule has 0 aromatic heterocycles. The average Bonchev–Trinajstić information content (AvgIpc) is 3.06. The lowest BCUT2D eigenvalue weighted by Crippen LogP contribution is -2.50. The monoisotopic (exact) mass is 712 g/mol. The summed E-state index contributed by atoms with van der Waals surface area (Å²) in [5.74, 6) is -1.55. The van der Waals surface area contributed by atoms with Crippen LogP contribution in [0.1, 0.15) is 194 Å². The van der Waals surface area contributed by atoms with Crippen molar-refractivity contribution in [1.82, 2.24) is 5.32 Å². The number of amides is 1. The van der Waals surface area contributed by atoms with Crippen molar-refractivity contribution < 1.29 is 28.0 Å². The first-order valence-corrected chi connectivity index (χ1v) is 21.9. The van der Waals surface area contributed by atoms with E-state index >= 15 is 0 Å². The lowest BCUT2D eigenvalue weighted by molar-refractivity contribution is -0.130. The highest BCUT2D eigenvalue weighted by Gasteiger charge is 2.27. The predicted molar refractivity (Wildman–Crippen MR) is 208 cm³/mol. The fourth-order valence-corrected chi connectivity index (χ4v) is 6.77. The van der Waals surface area contributed by atoms with E-state index in [0.717, 1.165) is 57.8 Å². The zero-order valence-corrected chi connectivity index (χ0v) is 32.5. The van der Waals surface area contributed by atoms with Crippen molar-refractivity contribution in [3.05, 3.63) is 36.5 Å². The molecule has 0 bridgehead atoms. The van der Waals surface area contributed by atoms with Gasteiger partial charge in [0, 0.05) is 0 Å². The first-order valence-electron chi connectivity index (χ1n) is 20.3. The third-order valence-electron chi connectivity index (χ3n) is 9.20. The Balaban J connectivity index is 4.07. The minimum absolute atomic E-state index is 0.262. The number of nitrogens with one attached hydrogen (secondary N) is 1. The average molecular weight is 712 g/mol. The van der Waals surface area contributed by atoms with Crippen LogP contribution < -0.4 is 5.32 Å². The van der Waals surface area contributed by atoms with Crippen LogP contribution in [0.4, 0.5) is 0 Å². The SMILES string of the molecule is CCCCC/C=C\C=C/CCCCCCCC(O)C(=O)NC(CS(=O)(=O)O)C(O)/C=C/CCCCCCCCCCCCCCCCCC. The molecule has 7 nitrogen and oxygen atoms in total.